The number of fused-ring (bicyclic) bond motifs is 1. The number of aryl methyl sites for hydroxylation is 1. The SMILES string of the molecule is COC(=O)c1ccc(Oc2nc(C)nc3scc(-c4ccccc4)c23)cc1. The Bertz CT molecular complexity index is 1110. The first-order chi connectivity index (χ1) is 13.2. The standard InChI is InChI=1S/C21H16N2O3S/c1-13-22-19(26-16-10-8-15(9-11-16)21(24)25-2)18-17(12-27-20(18)23-13)14-6-4-3-5-7-14/h3-12H,1-2H3. The van der Waals surface area contributed by atoms with Crippen LogP contribution in [0.15, 0.2) is 60.0 Å². The van der Waals surface area contributed by atoms with Crippen molar-refractivity contribution in [2.75, 3.05) is 7.11 Å². The zero-order chi connectivity index (χ0) is 18.8. The van der Waals surface area contributed by atoms with Crippen molar-refractivity contribution in [2.24, 2.45) is 0 Å². The molecule has 0 atom stereocenters. The van der Waals surface area contributed by atoms with E-state index in [1.54, 1.807) is 35.6 Å². The van der Waals surface area contributed by atoms with E-state index in [1.807, 2.05) is 25.1 Å². The predicted octanol–water partition coefficient (Wildman–Crippen LogP) is 5.25. The summed E-state index contributed by atoms with van der Waals surface area (Å²) in [5.41, 5.74) is 2.59. The quantitative estimate of drug-likeness (QED) is 0.456. The Morgan fingerprint density at radius 2 is 1.74 bits per heavy atom. The first kappa shape index (κ1) is 17.2. The van der Waals surface area contributed by atoms with E-state index in [-0.39, 0.29) is 5.97 Å². The van der Waals surface area contributed by atoms with Gasteiger partial charge in [0.25, 0.3) is 0 Å². The van der Waals surface area contributed by atoms with Crippen LogP contribution >= 0.6 is 11.3 Å². The molecule has 0 amide bonds. The molecule has 0 aliphatic heterocycles. The van der Waals surface area contributed by atoms with Gasteiger partial charge in [0.2, 0.25) is 5.88 Å². The zero-order valence-electron chi connectivity index (χ0n) is 14.8. The van der Waals surface area contributed by atoms with Crippen LogP contribution in [0.2, 0.25) is 0 Å². The van der Waals surface area contributed by atoms with Crippen molar-refractivity contribution in [3.63, 3.8) is 0 Å². The summed E-state index contributed by atoms with van der Waals surface area (Å²) in [6, 6.07) is 16.9. The summed E-state index contributed by atoms with van der Waals surface area (Å²) in [5, 5.41) is 2.95. The number of thiophene rings is 1. The number of hydrogen-bond acceptors (Lipinski definition) is 6. The summed E-state index contributed by atoms with van der Waals surface area (Å²) in [5.74, 6) is 1.35. The monoisotopic (exact) mass is 376 g/mol. The second kappa shape index (κ2) is 7.17. The van der Waals surface area contributed by atoms with Crippen molar-refractivity contribution < 1.29 is 14.3 Å². The van der Waals surface area contributed by atoms with E-state index in [4.69, 9.17) is 9.47 Å². The summed E-state index contributed by atoms with van der Waals surface area (Å²) >= 11 is 1.56. The Morgan fingerprint density at radius 3 is 2.44 bits per heavy atom. The third-order valence-electron chi connectivity index (χ3n) is 4.09. The number of hydrogen-bond donors (Lipinski definition) is 0. The van der Waals surface area contributed by atoms with Gasteiger partial charge in [0.15, 0.2) is 0 Å². The number of ether oxygens (including phenoxy) is 2. The molecule has 2 aromatic carbocycles. The van der Waals surface area contributed by atoms with Gasteiger partial charge in [-0.05, 0) is 36.8 Å². The number of aromatic nitrogens is 2. The molecule has 0 aliphatic rings. The molecule has 4 aromatic rings. The highest BCUT2D eigenvalue weighted by atomic mass is 32.1. The lowest BCUT2D eigenvalue weighted by molar-refractivity contribution is 0.0600. The highest BCUT2D eigenvalue weighted by Gasteiger charge is 2.16. The molecule has 0 unspecified atom stereocenters. The maximum Gasteiger partial charge on any atom is 0.337 e. The first-order valence-corrected chi connectivity index (χ1v) is 9.21. The van der Waals surface area contributed by atoms with E-state index in [9.17, 15) is 4.79 Å². The number of esters is 1. The fourth-order valence-electron chi connectivity index (χ4n) is 2.80. The van der Waals surface area contributed by atoms with Crippen LogP contribution in [0.5, 0.6) is 11.6 Å². The second-order valence-corrected chi connectivity index (χ2v) is 6.75. The minimum absolute atomic E-state index is 0.383. The number of methoxy groups -OCH3 is 1. The van der Waals surface area contributed by atoms with Gasteiger partial charge in [-0.15, -0.1) is 11.3 Å². The first-order valence-electron chi connectivity index (χ1n) is 8.33. The summed E-state index contributed by atoms with van der Waals surface area (Å²) < 4.78 is 10.8. The maximum atomic E-state index is 11.6. The van der Waals surface area contributed by atoms with Crippen molar-refractivity contribution in [1.29, 1.82) is 0 Å². The fraction of sp³-hybridized carbons (Fsp3) is 0.0952. The lowest BCUT2D eigenvalue weighted by atomic mass is 10.1. The van der Waals surface area contributed by atoms with E-state index in [1.165, 1.54) is 7.11 Å². The van der Waals surface area contributed by atoms with Gasteiger partial charge in [0.1, 0.15) is 16.4 Å². The molecular weight excluding hydrogens is 360 g/mol. The summed E-state index contributed by atoms with van der Waals surface area (Å²) in [6.07, 6.45) is 0. The van der Waals surface area contributed by atoms with Crippen LogP contribution in [0.1, 0.15) is 16.2 Å². The summed E-state index contributed by atoms with van der Waals surface area (Å²) in [4.78, 5) is 21.5. The summed E-state index contributed by atoms with van der Waals surface area (Å²) in [7, 11) is 1.36. The Kier molecular flexibility index (Phi) is 4.56. The number of benzene rings is 2. The fourth-order valence-corrected chi connectivity index (χ4v) is 3.79. The Labute approximate surface area is 160 Å². The van der Waals surface area contributed by atoms with Crippen LogP contribution in [-0.4, -0.2) is 23.0 Å². The molecule has 27 heavy (non-hydrogen) atoms. The molecule has 5 nitrogen and oxygen atoms in total. The van der Waals surface area contributed by atoms with Crippen LogP contribution in [0.4, 0.5) is 0 Å². The number of nitrogens with zero attached hydrogens (tertiary/aromatic N) is 2. The minimum Gasteiger partial charge on any atom is -0.465 e. The highest BCUT2D eigenvalue weighted by Crippen LogP contribution is 2.39. The molecule has 0 spiro atoms. The van der Waals surface area contributed by atoms with E-state index >= 15 is 0 Å². The highest BCUT2D eigenvalue weighted by molar-refractivity contribution is 7.17. The number of rotatable bonds is 4. The van der Waals surface area contributed by atoms with Crippen LogP contribution in [0.3, 0.4) is 0 Å². The Hall–Kier alpha value is -3.25. The molecule has 0 N–H and O–H groups in total. The predicted molar refractivity (Wildman–Crippen MR) is 105 cm³/mol. The maximum absolute atomic E-state index is 11.6. The Morgan fingerprint density at radius 1 is 1.00 bits per heavy atom. The molecule has 0 saturated carbocycles. The minimum atomic E-state index is -0.383. The van der Waals surface area contributed by atoms with Crippen molar-refractivity contribution in [1.82, 2.24) is 9.97 Å². The number of carbonyl (C=O) groups excluding carboxylic acids is 1. The molecule has 0 fully saturated rings. The van der Waals surface area contributed by atoms with Crippen molar-refractivity contribution in [3.05, 3.63) is 71.4 Å². The van der Waals surface area contributed by atoms with Crippen LogP contribution in [-0.2, 0) is 4.74 Å². The van der Waals surface area contributed by atoms with Crippen LogP contribution < -0.4 is 4.74 Å². The van der Waals surface area contributed by atoms with E-state index in [0.29, 0.717) is 23.0 Å². The molecule has 134 valence electrons. The summed E-state index contributed by atoms with van der Waals surface area (Å²) in [6.45, 7) is 1.84. The lowest BCUT2D eigenvalue weighted by Gasteiger charge is -2.09. The van der Waals surface area contributed by atoms with Gasteiger partial charge in [-0.1, -0.05) is 30.3 Å². The lowest BCUT2D eigenvalue weighted by Crippen LogP contribution is -2.00. The Balaban J connectivity index is 1.77. The van der Waals surface area contributed by atoms with Gasteiger partial charge in [-0.2, -0.15) is 4.98 Å². The van der Waals surface area contributed by atoms with Crippen molar-refractivity contribution in [2.45, 2.75) is 6.92 Å². The molecule has 0 radical (unpaired) electrons. The average Bonchev–Trinajstić information content (AvgIpc) is 3.12. The van der Waals surface area contributed by atoms with Crippen molar-refractivity contribution >= 4 is 27.5 Å². The van der Waals surface area contributed by atoms with Crippen LogP contribution in [0, 0.1) is 6.92 Å². The molecule has 2 heterocycles. The molecule has 0 bridgehead atoms. The van der Waals surface area contributed by atoms with E-state index in [2.05, 4.69) is 27.5 Å². The molecule has 0 aliphatic carbocycles. The largest absolute Gasteiger partial charge is 0.465 e. The van der Waals surface area contributed by atoms with Gasteiger partial charge in [-0.3, -0.25) is 0 Å². The zero-order valence-corrected chi connectivity index (χ0v) is 15.6. The van der Waals surface area contributed by atoms with Gasteiger partial charge in [0.05, 0.1) is 18.1 Å². The third kappa shape index (κ3) is 3.39. The van der Waals surface area contributed by atoms with Gasteiger partial charge >= 0.3 is 5.97 Å². The van der Waals surface area contributed by atoms with Gasteiger partial charge < -0.3 is 9.47 Å². The van der Waals surface area contributed by atoms with Crippen molar-refractivity contribution in [3.8, 4) is 22.8 Å². The second-order valence-electron chi connectivity index (χ2n) is 5.89. The van der Waals surface area contributed by atoms with E-state index in [0.717, 1.165) is 21.3 Å². The van der Waals surface area contributed by atoms with E-state index < -0.39 is 0 Å². The molecule has 2 aromatic heterocycles. The van der Waals surface area contributed by atoms with Crippen LogP contribution in [0.25, 0.3) is 21.3 Å². The molecular formula is C21H16N2O3S. The topological polar surface area (TPSA) is 61.3 Å². The third-order valence-corrected chi connectivity index (χ3v) is 4.96. The van der Waals surface area contributed by atoms with Gasteiger partial charge in [0, 0.05) is 10.9 Å². The number of carbonyl (C=O) groups is 1. The average molecular weight is 376 g/mol. The molecule has 4 rings (SSSR count). The smallest absolute Gasteiger partial charge is 0.337 e. The van der Waals surface area contributed by atoms with Gasteiger partial charge in [-0.25, -0.2) is 9.78 Å². The normalized spacial score (nSPS) is 10.7. The molecule has 0 saturated heterocycles. The molecule has 6 heteroatoms.